The molecule has 0 aliphatic heterocycles. The number of carbonyl (C=O) groups is 1. The highest BCUT2D eigenvalue weighted by molar-refractivity contribution is 8.13. The average molecular weight is 202 g/mol. The number of amidine groups is 2. The van der Waals surface area contributed by atoms with Gasteiger partial charge in [0.15, 0.2) is 23.0 Å². The Bertz CT molecular complexity index is 272. The molecule has 72 valence electrons. The van der Waals surface area contributed by atoms with Gasteiger partial charge in [-0.15, -0.1) is 0 Å². The molecule has 0 rings (SSSR count). The standard InChI is InChI=1S/C6H10N4O2S/c1-8-6(13-2)9-5(7)4(3-11)10-12/h3,12H,1-2H3,(H2,7,8,9)/b10-4+. The van der Waals surface area contributed by atoms with E-state index in [1.165, 1.54) is 11.8 Å². The van der Waals surface area contributed by atoms with Gasteiger partial charge >= 0.3 is 0 Å². The molecule has 0 saturated carbocycles. The molecule has 6 nitrogen and oxygen atoms in total. The second kappa shape index (κ2) is 6.18. The van der Waals surface area contributed by atoms with Crippen LogP contribution in [-0.2, 0) is 4.79 Å². The fourth-order valence-corrected chi connectivity index (χ4v) is 0.855. The molecule has 7 heteroatoms. The molecule has 0 aromatic heterocycles. The molecule has 0 atom stereocenters. The number of oxime groups is 1. The second-order valence-corrected chi connectivity index (χ2v) is 2.58. The van der Waals surface area contributed by atoms with Gasteiger partial charge in [0.05, 0.1) is 0 Å². The van der Waals surface area contributed by atoms with Gasteiger partial charge in [-0.05, 0) is 6.26 Å². The lowest BCUT2D eigenvalue weighted by molar-refractivity contribution is -0.102. The highest BCUT2D eigenvalue weighted by Crippen LogP contribution is 1.98. The van der Waals surface area contributed by atoms with Gasteiger partial charge in [0.1, 0.15) is 0 Å². The third-order valence-corrected chi connectivity index (χ3v) is 1.71. The van der Waals surface area contributed by atoms with Crippen LogP contribution in [0.2, 0.25) is 0 Å². The van der Waals surface area contributed by atoms with Gasteiger partial charge in [-0.1, -0.05) is 16.9 Å². The van der Waals surface area contributed by atoms with Crippen LogP contribution >= 0.6 is 11.8 Å². The SMILES string of the molecule is CN=C(/N=C(N)\C(C=O)=N\O)SC. The minimum Gasteiger partial charge on any atom is -0.410 e. The summed E-state index contributed by atoms with van der Waals surface area (Å²) in [5, 5.41) is 11.4. The fraction of sp³-hybridized carbons (Fsp3) is 0.333. The summed E-state index contributed by atoms with van der Waals surface area (Å²) in [6.07, 6.45) is 2.07. The van der Waals surface area contributed by atoms with Gasteiger partial charge in [-0.3, -0.25) is 9.79 Å². The first-order valence-electron chi connectivity index (χ1n) is 3.22. The van der Waals surface area contributed by atoms with Crippen molar-refractivity contribution in [3.05, 3.63) is 0 Å². The molecule has 0 heterocycles. The highest BCUT2D eigenvalue weighted by atomic mass is 32.2. The lowest BCUT2D eigenvalue weighted by atomic mass is 10.4. The number of aliphatic imine (C=N–C) groups is 2. The number of aldehydes is 1. The van der Waals surface area contributed by atoms with Gasteiger partial charge in [0, 0.05) is 7.05 Å². The summed E-state index contributed by atoms with van der Waals surface area (Å²) in [7, 11) is 1.54. The molecule has 13 heavy (non-hydrogen) atoms. The zero-order valence-corrected chi connectivity index (χ0v) is 8.08. The molecule has 0 aliphatic rings. The molecule has 0 unspecified atom stereocenters. The summed E-state index contributed by atoms with van der Waals surface area (Å²) in [5.41, 5.74) is 5.01. The lowest BCUT2D eigenvalue weighted by Crippen LogP contribution is -2.26. The number of hydrogen-bond donors (Lipinski definition) is 2. The molecule has 0 aromatic rings. The maximum atomic E-state index is 10.2. The third-order valence-electron chi connectivity index (χ3n) is 1.07. The molecule has 0 bridgehead atoms. The van der Waals surface area contributed by atoms with Gasteiger partial charge < -0.3 is 10.9 Å². The number of rotatable bonds is 2. The van der Waals surface area contributed by atoms with Gasteiger partial charge in [-0.2, -0.15) is 0 Å². The minimum atomic E-state index is -0.310. The average Bonchev–Trinajstić information content (AvgIpc) is 2.16. The maximum absolute atomic E-state index is 10.2. The molecular weight excluding hydrogens is 192 g/mol. The van der Waals surface area contributed by atoms with Crippen molar-refractivity contribution in [3.63, 3.8) is 0 Å². The number of nitrogens with zero attached hydrogens (tertiary/aromatic N) is 3. The molecule has 0 aromatic carbocycles. The Hall–Kier alpha value is -1.37. The Labute approximate surface area is 79.6 Å². The van der Waals surface area contributed by atoms with E-state index in [0.29, 0.717) is 11.5 Å². The van der Waals surface area contributed by atoms with Crippen LogP contribution in [-0.4, -0.2) is 41.5 Å². The fourth-order valence-electron chi connectivity index (χ4n) is 0.482. The molecule has 0 amide bonds. The molecule has 0 saturated heterocycles. The number of thioether (sulfide) groups is 1. The van der Waals surface area contributed by atoms with E-state index < -0.39 is 0 Å². The van der Waals surface area contributed by atoms with Crippen molar-refractivity contribution in [1.29, 1.82) is 0 Å². The first-order chi connectivity index (χ1) is 6.19. The highest BCUT2D eigenvalue weighted by Gasteiger charge is 2.04. The van der Waals surface area contributed by atoms with Gasteiger partial charge in [0.2, 0.25) is 0 Å². The largest absolute Gasteiger partial charge is 0.410 e. The van der Waals surface area contributed by atoms with E-state index >= 15 is 0 Å². The molecule has 0 radical (unpaired) electrons. The Kier molecular flexibility index (Phi) is 5.53. The quantitative estimate of drug-likeness (QED) is 0.211. The van der Waals surface area contributed by atoms with Crippen molar-refractivity contribution >= 4 is 34.8 Å². The molecule has 3 N–H and O–H groups in total. The number of nitrogens with two attached hydrogens (primary N) is 1. The Morgan fingerprint density at radius 2 is 2.23 bits per heavy atom. The van der Waals surface area contributed by atoms with Gasteiger partial charge in [-0.25, -0.2) is 4.99 Å². The van der Waals surface area contributed by atoms with Crippen molar-refractivity contribution in [2.75, 3.05) is 13.3 Å². The second-order valence-electron chi connectivity index (χ2n) is 1.81. The molecule has 0 aliphatic carbocycles. The van der Waals surface area contributed by atoms with Crippen LogP contribution in [0, 0.1) is 0 Å². The molecule has 0 fully saturated rings. The van der Waals surface area contributed by atoms with E-state index in [2.05, 4.69) is 15.1 Å². The van der Waals surface area contributed by atoms with Gasteiger partial charge in [0.25, 0.3) is 0 Å². The van der Waals surface area contributed by atoms with Crippen LogP contribution in [0.15, 0.2) is 15.1 Å². The van der Waals surface area contributed by atoms with Crippen molar-refractivity contribution in [2.24, 2.45) is 20.9 Å². The first kappa shape index (κ1) is 11.6. The van der Waals surface area contributed by atoms with Crippen LogP contribution in [0.4, 0.5) is 0 Å². The predicted molar refractivity (Wildman–Crippen MR) is 53.8 cm³/mol. The Balaban J connectivity index is 4.75. The van der Waals surface area contributed by atoms with E-state index in [0.717, 1.165) is 0 Å². The van der Waals surface area contributed by atoms with Crippen LogP contribution < -0.4 is 5.73 Å². The first-order valence-corrected chi connectivity index (χ1v) is 4.44. The summed E-state index contributed by atoms with van der Waals surface area (Å²) >= 11 is 1.27. The molecule has 0 spiro atoms. The van der Waals surface area contributed by atoms with Crippen LogP contribution in [0.25, 0.3) is 0 Å². The zero-order chi connectivity index (χ0) is 10.3. The maximum Gasteiger partial charge on any atom is 0.184 e. The van der Waals surface area contributed by atoms with Crippen molar-refractivity contribution < 1.29 is 10.0 Å². The monoisotopic (exact) mass is 202 g/mol. The molecular formula is C6H10N4O2S. The van der Waals surface area contributed by atoms with E-state index in [1.54, 1.807) is 13.3 Å². The van der Waals surface area contributed by atoms with E-state index in [9.17, 15) is 4.79 Å². The minimum absolute atomic E-state index is 0.160. The van der Waals surface area contributed by atoms with Crippen molar-refractivity contribution in [2.45, 2.75) is 0 Å². The van der Waals surface area contributed by atoms with Crippen LogP contribution in [0.1, 0.15) is 0 Å². The van der Waals surface area contributed by atoms with E-state index in [4.69, 9.17) is 10.9 Å². The van der Waals surface area contributed by atoms with E-state index in [1.807, 2.05) is 0 Å². The van der Waals surface area contributed by atoms with Crippen LogP contribution in [0.3, 0.4) is 0 Å². The van der Waals surface area contributed by atoms with Crippen molar-refractivity contribution in [3.8, 4) is 0 Å². The summed E-state index contributed by atoms with van der Waals surface area (Å²) < 4.78 is 0. The number of hydrogen-bond acceptors (Lipinski definition) is 5. The summed E-state index contributed by atoms with van der Waals surface area (Å²) in [6.45, 7) is 0. The lowest BCUT2D eigenvalue weighted by Gasteiger charge is -1.96. The smallest absolute Gasteiger partial charge is 0.184 e. The third kappa shape index (κ3) is 3.70. The van der Waals surface area contributed by atoms with Crippen LogP contribution in [0.5, 0.6) is 0 Å². The summed E-state index contributed by atoms with van der Waals surface area (Å²) in [5.74, 6) is -0.160. The topological polar surface area (TPSA) is 100 Å². The summed E-state index contributed by atoms with van der Waals surface area (Å²) in [6, 6.07) is 0. The Morgan fingerprint density at radius 3 is 2.54 bits per heavy atom. The zero-order valence-electron chi connectivity index (χ0n) is 7.26. The number of carbonyl (C=O) groups excluding carboxylic acids is 1. The van der Waals surface area contributed by atoms with Crippen molar-refractivity contribution in [1.82, 2.24) is 0 Å². The normalized spacial score (nSPS) is 14.5. The summed E-state index contributed by atoms with van der Waals surface area (Å²) in [4.78, 5) is 17.7. The van der Waals surface area contributed by atoms with E-state index in [-0.39, 0.29) is 11.5 Å². The predicted octanol–water partition coefficient (Wildman–Crippen LogP) is -0.278. The Morgan fingerprint density at radius 1 is 1.62 bits per heavy atom.